The number of hydrogen-bond donors (Lipinski definition) is 1. The molecule has 0 unspecified atom stereocenters. The zero-order chi connectivity index (χ0) is 20.5. The largest absolute Gasteiger partial charge is 0.352 e. The van der Waals surface area contributed by atoms with E-state index in [1.807, 2.05) is 30.5 Å². The van der Waals surface area contributed by atoms with E-state index in [1.54, 1.807) is 6.20 Å². The number of pyridine rings is 2. The number of nitrogens with one attached hydrogen (secondary N) is 1. The molecule has 0 aromatic carbocycles. The molecular formula is C23H24ClN5S. The highest BCUT2D eigenvalue weighted by Gasteiger charge is 2.44. The lowest BCUT2D eigenvalue weighted by Crippen LogP contribution is -2.40. The lowest BCUT2D eigenvalue weighted by Gasteiger charge is -2.37. The molecule has 1 aliphatic heterocycles. The van der Waals surface area contributed by atoms with Gasteiger partial charge in [-0.1, -0.05) is 36.9 Å². The fourth-order valence-corrected chi connectivity index (χ4v) is 5.29. The molecule has 1 saturated carbocycles. The number of thiocarbonyl (C=S) groups is 1. The van der Waals surface area contributed by atoms with Gasteiger partial charge in [0.05, 0.1) is 22.8 Å². The highest BCUT2D eigenvalue weighted by atomic mass is 35.5. The van der Waals surface area contributed by atoms with Crippen LogP contribution in [0, 0.1) is 0 Å². The molecule has 1 aliphatic carbocycles. The summed E-state index contributed by atoms with van der Waals surface area (Å²) in [6.07, 6.45) is 11.8. The van der Waals surface area contributed by atoms with Gasteiger partial charge >= 0.3 is 0 Å². The molecule has 7 heteroatoms. The third kappa shape index (κ3) is 3.59. The number of rotatable bonds is 4. The molecule has 3 aromatic heterocycles. The summed E-state index contributed by atoms with van der Waals surface area (Å²) in [7, 11) is 0. The Labute approximate surface area is 187 Å². The normalized spacial score (nSPS) is 22.3. The van der Waals surface area contributed by atoms with Crippen molar-refractivity contribution in [2.24, 2.45) is 0 Å². The molecule has 2 aliphatic rings. The monoisotopic (exact) mass is 437 g/mol. The van der Waals surface area contributed by atoms with Crippen molar-refractivity contribution >= 4 is 28.9 Å². The van der Waals surface area contributed by atoms with Crippen LogP contribution >= 0.6 is 23.8 Å². The minimum atomic E-state index is -0.0124. The Balaban J connectivity index is 1.60. The molecule has 5 rings (SSSR count). The molecule has 1 N–H and O–H groups in total. The van der Waals surface area contributed by atoms with E-state index in [0.29, 0.717) is 11.1 Å². The van der Waals surface area contributed by atoms with Crippen molar-refractivity contribution in [2.75, 3.05) is 0 Å². The van der Waals surface area contributed by atoms with Crippen molar-refractivity contribution in [3.63, 3.8) is 0 Å². The van der Waals surface area contributed by atoms with Crippen LogP contribution in [0.5, 0.6) is 0 Å². The summed E-state index contributed by atoms with van der Waals surface area (Å²) < 4.78 is 2.14. The summed E-state index contributed by atoms with van der Waals surface area (Å²) in [5, 5.41) is 5.03. The van der Waals surface area contributed by atoms with Crippen molar-refractivity contribution in [3.05, 3.63) is 77.5 Å². The van der Waals surface area contributed by atoms with E-state index in [2.05, 4.69) is 49.1 Å². The van der Waals surface area contributed by atoms with Crippen molar-refractivity contribution in [1.82, 2.24) is 24.8 Å². The van der Waals surface area contributed by atoms with Gasteiger partial charge in [0.2, 0.25) is 0 Å². The van der Waals surface area contributed by atoms with Gasteiger partial charge < -0.3 is 14.8 Å². The summed E-state index contributed by atoms with van der Waals surface area (Å²) in [6.45, 7) is 0. The summed E-state index contributed by atoms with van der Waals surface area (Å²) >= 11 is 11.9. The van der Waals surface area contributed by atoms with Crippen LogP contribution in [-0.4, -0.2) is 30.6 Å². The van der Waals surface area contributed by atoms with Crippen molar-refractivity contribution in [1.29, 1.82) is 0 Å². The maximum atomic E-state index is 6.07. The number of aromatic nitrogens is 3. The van der Waals surface area contributed by atoms with E-state index in [1.165, 1.54) is 32.1 Å². The van der Waals surface area contributed by atoms with Crippen LogP contribution in [-0.2, 0) is 0 Å². The van der Waals surface area contributed by atoms with E-state index in [4.69, 9.17) is 23.8 Å². The number of nitrogens with zero attached hydrogens (tertiary/aromatic N) is 4. The Bertz CT molecular complexity index is 1010. The maximum absolute atomic E-state index is 6.07. The molecule has 0 amide bonds. The Morgan fingerprint density at radius 2 is 1.87 bits per heavy atom. The zero-order valence-electron chi connectivity index (χ0n) is 16.6. The first kappa shape index (κ1) is 19.5. The highest BCUT2D eigenvalue weighted by Crippen LogP contribution is 2.42. The first-order valence-corrected chi connectivity index (χ1v) is 11.3. The lowest BCUT2D eigenvalue weighted by atomic mass is 9.92. The average Bonchev–Trinajstić information content (AvgIpc) is 3.40. The quantitative estimate of drug-likeness (QED) is 0.566. The lowest BCUT2D eigenvalue weighted by molar-refractivity contribution is 0.193. The van der Waals surface area contributed by atoms with Crippen LogP contribution < -0.4 is 5.32 Å². The summed E-state index contributed by atoms with van der Waals surface area (Å²) in [6, 6.07) is 14.6. The molecular weight excluding hydrogens is 414 g/mol. The average molecular weight is 438 g/mol. The SMILES string of the molecule is S=C1N[C@H](c2ccccn2)[C@@H](c2cccn2-c2ccc(Cl)cn2)N1C1CCCCC1. The zero-order valence-corrected chi connectivity index (χ0v) is 18.2. The highest BCUT2D eigenvalue weighted by molar-refractivity contribution is 7.80. The third-order valence-electron chi connectivity index (χ3n) is 6.15. The van der Waals surface area contributed by atoms with Gasteiger partial charge in [0.25, 0.3) is 0 Å². The standard InChI is InChI=1S/C23H24ClN5S/c24-16-11-12-20(26-15-16)28-14-6-10-19(28)22-21(18-9-4-5-13-25-18)27-23(30)29(22)17-7-2-1-3-8-17/h4-6,9-15,17,21-22H,1-3,7-8H2,(H,27,30)/t21-,22-/m1/s1. The fourth-order valence-electron chi connectivity index (χ4n) is 4.79. The van der Waals surface area contributed by atoms with Gasteiger partial charge in [-0.2, -0.15) is 0 Å². The van der Waals surface area contributed by atoms with Gasteiger partial charge in [-0.25, -0.2) is 4.98 Å². The topological polar surface area (TPSA) is 46.0 Å². The summed E-state index contributed by atoms with van der Waals surface area (Å²) in [4.78, 5) is 11.6. The van der Waals surface area contributed by atoms with Gasteiger partial charge in [0, 0.05) is 30.3 Å². The maximum Gasteiger partial charge on any atom is 0.170 e. The minimum Gasteiger partial charge on any atom is -0.352 e. The molecule has 0 spiro atoms. The Morgan fingerprint density at radius 1 is 1.00 bits per heavy atom. The fraction of sp³-hybridized carbons (Fsp3) is 0.348. The molecule has 0 bridgehead atoms. The van der Waals surface area contributed by atoms with E-state index in [0.717, 1.165) is 22.3 Å². The van der Waals surface area contributed by atoms with E-state index < -0.39 is 0 Å². The summed E-state index contributed by atoms with van der Waals surface area (Å²) in [5.41, 5.74) is 2.15. The molecule has 30 heavy (non-hydrogen) atoms. The smallest absolute Gasteiger partial charge is 0.170 e. The number of halogens is 1. The van der Waals surface area contributed by atoms with Gasteiger partial charge in [-0.05, 0) is 61.5 Å². The molecule has 3 aromatic rings. The predicted octanol–water partition coefficient (Wildman–Crippen LogP) is 5.23. The van der Waals surface area contributed by atoms with Crippen LogP contribution in [0.15, 0.2) is 61.1 Å². The van der Waals surface area contributed by atoms with Gasteiger partial charge in [-0.15, -0.1) is 0 Å². The molecule has 4 heterocycles. The first-order chi connectivity index (χ1) is 14.7. The van der Waals surface area contributed by atoms with Crippen LogP contribution in [0.3, 0.4) is 0 Å². The molecule has 0 radical (unpaired) electrons. The van der Waals surface area contributed by atoms with Crippen LogP contribution in [0.25, 0.3) is 5.82 Å². The van der Waals surface area contributed by atoms with Gasteiger partial charge in [0.1, 0.15) is 5.82 Å². The van der Waals surface area contributed by atoms with E-state index >= 15 is 0 Å². The Morgan fingerprint density at radius 3 is 2.60 bits per heavy atom. The second kappa shape index (κ2) is 8.36. The molecule has 2 fully saturated rings. The van der Waals surface area contributed by atoms with Crippen LogP contribution in [0.2, 0.25) is 5.02 Å². The van der Waals surface area contributed by atoms with Gasteiger partial charge in [0.15, 0.2) is 5.11 Å². The second-order valence-electron chi connectivity index (χ2n) is 7.96. The third-order valence-corrected chi connectivity index (χ3v) is 6.70. The predicted molar refractivity (Wildman–Crippen MR) is 123 cm³/mol. The number of hydrogen-bond acceptors (Lipinski definition) is 3. The molecule has 5 nitrogen and oxygen atoms in total. The van der Waals surface area contributed by atoms with Crippen molar-refractivity contribution < 1.29 is 0 Å². The van der Waals surface area contributed by atoms with Gasteiger partial charge in [-0.3, -0.25) is 4.98 Å². The first-order valence-electron chi connectivity index (χ1n) is 10.5. The van der Waals surface area contributed by atoms with E-state index in [-0.39, 0.29) is 12.1 Å². The van der Waals surface area contributed by atoms with Crippen LogP contribution in [0.4, 0.5) is 0 Å². The Hall–Kier alpha value is -2.44. The Kier molecular flexibility index (Phi) is 5.44. The van der Waals surface area contributed by atoms with E-state index in [9.17, 15) is 0 Å². The van der Waals surface area contributed by atoms with Crippen LogP contribution in [0.1, 0.15) is 55.6 Å². The molecule has 2 atom stereocenters. The minimum absolute atomic E-state index is 0.0124. The summed E-state index contributed by atoms with van der Waals surface area (Å²) in [5.74, 6) is 0.848. The molecule has 154 valence electrons. The van der Waals surface area contributed by atoms with Crippen molar-refractivity contribution in [2.45, 2.75) is 50.2 Å². The second-order valence-corrected chi connectivity index (χ2v) is 8.79. The van der Waals surface area contributed by atoms with Crippen molar-refractivity contribution in [3.8, 4) is 5.82 Å². The molecule has 1 saturated heterocycles.